The summed E-state index contributed by atoms with van der Waals surface area (Å²) >= 11 is 1.68. The van der Waals surface area contributed by atoms with Crippen LogP contribution >= 0.6 is 23.7 Å². The fourth-order valence-corrected chi connectivity index (χ4v) is 3.89. The number of hydrogen-bond donors (Lipinski definition) is 1. The number of hydrogen-bond acceptors (Lipinski definition) is 4. The van der Waals surface area contributed by atoms with Crippen molar-refractivity contribution in [2.75, 3.05) is 26.7 Å². The van der Waals surface area contributed by atoms with Crippen molar-refractivity contribution in [3.05, 3.63) is 58.3 Å². The number of halogens is 1. The number of rotatable bonds is 5. The first-order valence-electron chi connectivity index (χ1n) is 7.92. The third-order valence-corrected chi connectivity index (χ3v) is 5.29. The van der Waals surface area contributed by atoms with E-state index in [1.807, 2.05) is 36.7 Å². The fourth-order valence-electron chi connectivity index (χ4n) is 3.13. The highest BCUT2D eigenvalue weighted by Gasteiger charge is 2.32. The van der Waals surface area contributed by atoms with Gasteiger partial charge in [-0.05, 0) is 17.0 Å². The lowest BCUT2D eigenvalue weighted by Crippen LogP contribution is -2.38. The molecule has 1 aliphatic heterocycles. The number of likely N-dealkylation sites (N-methyl/N-ethyl adjacent to an activating group) is 1. The molecule has 1 saturated heterocycles. The molecule has 1 aliphatic rings. The molecule has 3 rings (SSSR count). The lowest BCUT2D eigenvalue weighted by molar-refractivity contribution is -0.131. The van der Waals surface area contributed by atoms with Crippen LogP contribution in [0.25, 0.3) is 0 Å². The molecule has 1 amide bonds. The van der Waals surface area contributed by atoms with Crippen molar-refractivity contribution < 1.29 is 4.79 Å². The zero-order valence-electron chi connectivity index (χ0n) is 13.8. The van der Waals surface area contributed by atoms with Crippen LogP contribution in [0.4, 0.5) is 0 Å². The third kappa shape index (κ3) is 4.57. The van der Waals surface area contributed by atoms with Crippen molar-refractivity contribution in [1.29, 1.82) is 0 Å². The summed E-state index contributed by atoms with van der Waals surface area (Å²) in [5.41, 5.74) is 7.56. The first-order valence-corrected chi connectivity index (χ1v) is 8.80. The monoisotopic (exact) mass is 365 g/mol. The minimum absolute atomic E-state index is 0. The topological polar surface area (TPSA) is 49.6 Å². The molecule has 1 aromatic carbocycles. The highest BCUT2D eigenvalue weighted by molar-refractivity contribution is 7.09. The summed E-state index contributed by atoms with van der Waals surface area (Å²) < 4.78 is 0. The Morgan fingerprint density at radius 3 is 2.67 bits per heavy atom. The molecule has 0 spiro atoms. The van der Waals surface area contributed by atoms with Crippen molar-refractivity contribution in [2.24, 2.45) is 5.73 Å². The number of amides is 1. The van der Waals surface area contributed by atoms with E-state index >= 15 is 0 Å². The molecule has 2 aromatic rings. The zero-order chi connectivity index (χ0) is 16.2. The van der Waals surface area contributed by atoms with Crippen LogP contribution in [0.15, 0.2) is 47.8 Å². The van der Waals surface area contributed by atoms with Crippen molar-refractivity contribution in [1.82, 2.24) is 9.80 Å². The van der Waals surface area contributed by atoms with Crippen LogP contribution in [-0.2, 0) is 11.3 Å². The van der Waals surface area contributed by atoms with E-state index in [4.69, 9.17) is 5.73 Å². The van der Waals surface area contributed by atoms with E-state index in [0.29, 0.717) is 19.0 Å². The Balaban J connectivity index is 0.00000208. The largest absolute Gasteiger partial charge is 0.340 e. The third-order valence-electron chi connectivity index (χ3n) is 4.43. The Hall–Kier alpha value is -1.40. The van der Waals surface area contributed by atoms with Crippen LogP contribution < -0.4 is 5.73 Å². The van der Waals surface area contributed by atoms with Crippen molar-refractivity contribution in [3.63, 3.8) is 0 Å². The van der Waals surface area contributed by atoms with Crippen LogP contribution in [-0.4, -0.2) is 48.4 Å². The smallest absolute Gasteiger partial charge is 0.236 e. The second kappa shape index (κ2) is 8.62. The predicted molar refractivity (Wildman–Crippen MR) is 102 cm³/mol. The molecule has 0 radical (unpaired) electrons. The van der Waals surface area contributed by atoms with Gasteiger partial charge in [0, 0.05) is 37.0 Å². The molecule has 0 bridgehead atoms. The average molecular weight is 366 g/mol. The molecule has 2 atom stereocenters. The van der Waals surface area contributed by atoms with Gasteiger partial charge in [0.1, 0.15) is 0 Å². The highest BCUT2D eigenvalue weighted by atomic mass is 35.5. The second-order valence-corrected chi connectivity index (χ2v) is 7.24. The quantitative estimate of drug-likeness (QED) is 0.885. The van der Waals surface area contributed by atoms with E-state index in [9.17, 15) is 4.79 Å². The van der Waals surface area contributed by atoms with Crippen molar-refractivity contribution in [2.45, 2.75) is 18.5 Å². The summed E-state index contributed by atoms with van der Waals surface area (Å²) in [5, 5.41) is 2.04. The molecular weight excluding hydrogens is 342 g/mol. The summed E-state index contributed by atoms with van der Waals surface area (Å²) in [7, 11) is 1.87. The maximum atomic E-state index is 12.4. The van der Waals surface area contributed by atoms with Gasteiger partial charge < -0.3 is 10.6 Å². The van der Waals surface area contributed by atoms with Gasteiger partial charge in [-0.2, -0.15) is 0 Å². The van der Waals surface area contributed by atoms with Gasteiger partial charge in [0.15, 0.2) is 0 Å². The minimum atomic E-state index is 0. The molecule has 6 heteroatoms. The summed E-state index contributed by atoms with van der Waals surface area (Å²) in [6.07, 6.45) is 0. The standard InChI is InChI=1S/C18H23N3OS.ClH/c1-20(10-15-8-5-9-23-15)18(22)13-21-11-16(17(19)12-21)14-6-3-2-4-7-14;/h2-9,16-17H,10-13,19H2,1H3;1H/t16-,17+;/m0./s1. The summed E-state index contributed by atoms with van der Waals surface area (Å²) in [5.74, 6) is 0.464. The molecule has 1 aromatic heterocycles. The number of nitrogens with two attached hydrogens (primary N) is 1. The Kier molecular flexibility index (Phi) is 6.80. The molecule has 0 unspecified atom stereocenters. The zero-order valence-corrected chi connectivity index (χ0v) is 15.4. The second-order valence-electron chi connectivity index (χ2n) is 6.20. The number of nitrogens with zero attached hydrogens (tertiary/aromatic N) is 2. The summed E-state index contributed by atoms with van der Waals surface area (Å²) in [4.78, 5) is 17.6. The SMILES string of the molecule is CN(Cc1cccs1)C(=O)CN1C[C@@H](N)[C@H](c2ccccc2)C1.Cl. The average Bonchev–Trinajstić information content (AvgIpc) is 3.18. The number of likely N-dealkylation sites (tertiary alicyclic amines) is 1. The molecule has 0 saturated carbocycles. The van der Waals surface area contributed by atoms with Crippen LogP contribution in [0.3, 0.4) is 0 Å². The van der Waals surface area contributed by atoms with Crippen molar-refractivity contribution >= 4 is 29.7 Å². The Bertz CT molecular complexity index is 635. The molecule has 0 aliphatic carbocycles. The minimum Gasteiger partial charge on any atom is -0.340 e. The van der Waals surface area contributed by atoms with Crippen LogP contribution in [0.5, 0.6) is 0 Å². The molecule has 4 nitrogen and oxygen atoms in total. The first-order chi connectivity index (χ1) is 11.1. The molecule has 130 valence electrons. The Morgan fingerprint density at radius 1 is 1.25 bits per heavy atom. The maximum absolute atomic E-state index is 12.4. The van der Waals surface area contributed by atoms with Crippen LogP contribution in [0.2, 0.25) is 0 Å². The Morgan fingerprint density at radius 2 is 2.00 bits per heavy atom. The predicted octanol–water partition coefficient (Wildman–Crippen LogP) is 2.56. The molecule has 2 N–H and O–H groups in total. The van der Waals surface area contributed by atoms with E-state index < -0.39 is 0 Å². The van der Waals surface area contributed by atoms with E-state index in [1.54, 1.807) is 16.2 Å². The number of benzene rings is 1. The summed E-state index contributed by atoms with van der Waals surface area (Å²) in [6.45, 7) is 2.75. The highest BCUT2D eigenvalue weighted by Crippen LogP contribution is 2.26. The maximum Gasteiger partial charge on any atom is 0.236 e. The van der Waals surface area contributed by atoms with Gasteiger partial charge in [-0.25, -0.2) is 0 Å². The van der Waals surface area contributed by atoms with Crippen LogP contribution in [0, 0.1) is 0 Å². The number of carbonyl (C=O) groups is 1. The summed E-state index contributed by atoms with van der Waals surface area (Å²) in [6, 6.07) is 14.5. The van der Waals surface area contributed by atoms with E-state index in [2.05, 4.69) is 23.1 Å². The van der Waals surface area contributed by atoms with Crippen LogP contribution in [0.1, 0.15) is 16.4 Å². The normalized spacial score (nSPS) is 20.6. The van der Waals surface area contributed by atoms with Gasteiger partial charge in [-0.1, -0.05) is 36.4 Å². The van der Waals surface area contributed by atoms with E-state index in [-0.39, 0.29) is 24.4 Å². The van der Waals surface area contributed by atoms with Gasteiger partial charge in [-0.3, -0.25) is 9.69 Å². The fraction of sp³-hybridized carbons (Fsp3) is 0.389. The molecule has 24 heavy (non-hydrogen) atoms. The number of thiophene rings is 1. The molecule has 1 fully saturated rings. The van der Waals surface area contributed by atoms with Gasteiger partial charge in [0.05, 0.1) is 13.1 Å². The molecular formula is C18H24ClN3OS. The lowest BCUT2D eigenvalue weighted by atomic mass is 9.95. The van der Waals surface area contributed by atoms with Gasteiger partial charge in [0.2, 0.25) is 5.91 Å². The first kappa shape index (κ1) is 18.9. The Labute approximate surface area is 153 Å². The van der Waals surface area contributed by atoms with Gasteiger partial charge in [0.25, 0.3) is 0 Å². The molecule has 2 heterocycles. The lowest BCUT2D eigenvalue weighted by Gasteiger charge is -2.21. The van der Waals surface area contributed by atoms with E-state index in [1.165, 1.54) is 10.4 Å². The van der Waals surface area contributed by atoms with E-state index in [0.717, 1.165) is 13.1 Å². The number of carbonyl (C=O) groups excluding carboxylic acids is 1. The van der Waals surface area contributed by atoms with Gasteiger partial charge >= 0.3 is 0 Å². The van der Waals surface area contributed by atoms with Crippen molar-refractivity contribution in [3.8, 4) is 0 Å². The van der Waals surface area contributed by atoms with Gasteiger partial charge in [-0.15, -0.1) is 23.7 Å².